The molecule has 190 valence electrons. The zero-order chi connectivity index (χ0) is 26.5. The van der Waals surface area contributed by atoms with Gasteiger partial charge in [-0.3, -0.25) is 4.79 Å². The highest BCUT2D eigenvalue weighted by Crippen LogP contribution is 2.49. The molecule has 0 bridgehead atoms. The summed E-state index contributed by atoms with van der Waals surface area (Å²) in [6.45, 7) is 0.948. The smallest absolute Gasteiger partial charge is 0.414 e. The normalized spacial score (nSPS) is 16.2. The molecule has 1 saturated carbocycles. The maximum absolute atomic E-state index is 14.5. The number of carbonyl (C=O) groups is 1. The van der Waals surface area contributed by atoms with Crippen LogP contribution in [0.4, 0.5) is 27.6 Å². The van der Waals surface area contributed by atoms with Crippen LogP contribution in [0.1, 0.15) is 40.2 Å². The maximum Gasteiger partial charge on any atom is 0.435 e. The molecular formula is C21H17F5N6O3S. The Balaban J connectivity index is 1.73. The van der Waals surface area contributed by atoms with E-state index in [1.807, 2.05) is 0 Å². The average molecular weight is 528 g/mol. The van der Waals surface area contributed by atoms with Crippen molar-refractivity contribution in [2.45, 2.75) is 36.5 Å². The first-order chi connectivity index (χ1) is 16.7. The summed E-state index contributed by atoms with van der Waals surface area (Å²) in [6, 6.07) is 6.10. The highest BCUT2D eigenvalue weighted by molar-refractivity contribution is 7.91. The minimum absolute atomic E-state index is 0.0167. The van der Waals surface area contributed by atoms with Crippen LogP contribution in [-0.2, 0) is 21.6 Å². The molecule has 15 heteroatoms. The predicted octanol–water partition coefficient (Wildman–Crippen LogP) is 4.77. The van der Waals surface area contributed by atoms with Gasteiger partial charge in [-0.05, 0) is 43.5 Å². The van der Waals surface area contributed by atoms with Gasteiger partial charge in [0.1, 0.15) is 11.3 Å². The molecule has 2 N–H and O–H groups in total. The van der Waals surface area contributed by atoms with Gasteiger partial charge in [-0.1, -0.05) is 6.07 Å². The molecule has 1 aliphatic carbocycles. The molecule has 1 amide bonds. The number of alkyl halides is 4. The standard InChI is InChI=1S/C21H17F5N6O3S/c1-10-15(17(33)28-11-4-3-5-12(8-11)36(2,27)34)19(32-30-16(10)21(24,25)26)35-18-13(22)9-14(29-31-18)20(23)6-7-20/h3-5,8-9,27H,6-7H2,1-2H3,(H,28,33). The van der Waals surface area contributed by atoms with Crippen molar-refractivity contribution in [3.8, 4) is 11.8 Å². The quantitative estimate of drug-likeness (QED) is 0.441. The fourth-order valence-electron chi connectivity index (χ4n) is 3.22. The van der Waals surface area contributed by atoms with E-state index in [1.54, 1.807) is 0 Å². The number of nitrogens with one attached hydrogen (secondary N) is 2. The van der Waals surface area contributed by atoms with Gasteiger partial charge in [0, 0.05) is 22.9 Å². The zero-order valence-electron chi connectivity index (χ0n) is 18.6. The maximum atomic E-state index is 14.5. The van der Waals surface area contributed by atoms with Crippen LogP contribution in [0.5, 0.6) is 11.8 Å². The summed E-state index contributed by atoms with van der Waals surface area (Å²) in [7, 11) is -3.15. The monoisotopic (exact) mass is 528 g/mol. The molecule has 2 aromatic heterocycles. The third-order valence-electron chi connectivity index (χ3n) is 5.28. The van der Waals surface area contributed by atoms with Crippen LogP contribution < -0.4 is 10.1 Å². The van der Waals surface area contributed by atoms with Gasteiger partial charge in [-0.25, -0.2) is 17.8 Å². The molecule has 36 heavy (non-hydrogen) atoms. The van der Waals surface area contributed by atoms with Crippen LogP contribution in [-0.4, -0.2) is 36.8 Å². The molecule has 4 rings (SSSR count). The van der Waals surface area contributed by atoms with Crippen LogP contribution in [0.3, 0.4) is 0 Å². The van der Waals surface area contributed by atoms with E-state index in [0.29, 0.717) is 0 Å². The van der Waals surface area contributed by atoms with Gasteiger partial charge >= 0.3 is 6.18 Å². The summed E-state index contributed by atoms with van der Waals surface area (Å²) in [5.41, 5.74) is -4.93. The molecule has 1 aliphatic rings. The molecule has 0 saturated heterocycles. The second kappa shape index (κ2) is 8.72. The Hall–Kier alpha value is -3.75. The number of hydrogen-bond donors (Lipinski definition) is 2. The van der Waals surface area contributed by atoms with E-state index in [4.69, 9.17) is 9.52 Å². The Bertz CT molecular complexity index is 1480. The van der Waals surface area contributed by atoms with E-state index < -0.39 is 61.9 Å². The van der Waals surface area contributed by atoms with Crippen LogP contribution >= 0.6 is 0 Å². The minimum Gasteiger partial charge on any atom is -0.414 e. The van der Waals surface area contributed by atoms with E-state index in [-0.39, 0.29) is 29.1 Å². The van der Waals surface area contributed by atoms with Gasteiger partial charge in [0.15, 0.2) is 17.2 Å². The highest BCUT2D eigenvalue weighted by atomic mass is 32.2. The molecule has 0 spiro atoms. The molecule has 9 nitrogen and oxygen atoms in total. The van der Waals surface area contributed by atoms with Crippen molar-refractivity contribution >= 4 is 21.3 Å². The number of nitrogens with zero attached hydrogens (tertiary/aromatic N) is 4. The highest BCUT2D eigenvalue weighted by Gasteiger charge is 2.47. The molecule has 0 radical (unpaired) electrons. The second-order valence-corrected chi connectivity index (χ2v) is 10.3. The van der Waals surface area contributed by atoms with E-state index in [9.17, 15) is 31.0 Å². The molecule has 1 fully saturated rings. The largest absolute Gasteiger partial charge is 0.435 e. The Kier molecular flexibility index (Phi) is 6.14. The number of ether oxygens (including phenoxy) is 1. The lowest BCUT2D eigenvalue weighted by molar-refractivity contribution is -0.142. The topological polar surface area (TPSA) is 131 Å². The van der Waals surface area contributed by atoms with Gasteiger partial charge in [-0.15, -0.1) is 20.4 Å². The number of anilines is 1. The van der Waals surface area contributed by atoms with E-state index in [2.05, 4.69) is 25.7 Å². The Morgan fingerprint density at radius 1 is 1.14 bits per heavy atom. The van der Waals surface area contributed by atoms with Gasteiger partial charge in [0.05, 0.1) is 9.73 Å². The Morgan fingerprint density at radius 2 is 1.81 bits per heavy atom. The fourth-order valence-corrected chi connectivity index (χ4v) is 3.91. The average Bonchev–Trinajstić information content (AvgIpc) is 3.52. The summed E-state index contributed by atoms with van der Waals surface area (Å²) in [4.78, 5) is 13.1. The SMILES string of the molecule is Cc1c(C(F)(F)F)nnc(Oc2nnc(C3(F)CC3)cc2F)c1C(=O)Nc1cccc(S(C)(=N)=O)c1. The second-order valence-electron chi connectivity index (χ2n) is 8.13. The first-order valence-corrected chi connectivity index (χ1v) is 12.2. The molecule has 1 atom stereocenters. The zero-order valence-corrected chi connectivity index (χ0v) is 19.4. The van der Waals surface area contributed by atoms with Gasteiger partial charge in [0.2, 0.25) is 0 Å². The summed E-state index contributed by atoms with van der Waals surface area (Å²) < 4.78 is 93.8. The van der Waals surface area contributed by atoms with Crippen LogP contribution in [0.25, 0.3) is 0 Å². The Morgan fingerprint density at radius 3 is 2.39 bits per heavy atom. The number of amides is 1. The van der Waals surface area contributed by atoms with Crippen LogP contribution in [0, 0.1) is 17.5 Å². The number of hydrogen-bond acceptors (Lipinski definition) is 8. The Labute approximate surface area is 201 Å². The summed E-state index contributed by atoms with van der Waals surface area (Å²) >= 11 is 0. The first kappa shape index (κ1) is 25.3. The number of benzene rings is 1. The van der Waals surface area contributed by atoms with Crippen molar-refractivity contribution in [1.29, 1.82) is 4.78 Å². The van der Waals surface area contributed by atoms with Crippen LogP contribution in [0.15, 0.2) is 35.2 Å². The summed E-state index contributed by atoms with van der Waals surface area (Å²) in [6.07, 6.45) is -3.54. The third kappa shape index (κ3) is 5.10. The van der Waals surface area contributed by atoms with Gasteiger partial charge in [-0.2, -0.15) is 13.2 Å². The molecule has 1 unspecified atom stereocenters. The minimum atomic E-state index is -4.98. The molecule has 3 aromatic rings. The molecular weight excluding hydrogens is 511 g/mol. The number of aromatic nitrogens is 4. The molecule has 2 heterocycles. The van der Waals surface area contributed by atoms with Crippen molar-refractivity contribution in [2.24, 2.45) is 0 Å². The van der Waals surface area contributed by atoms with Crippen molar-refractivity contribution in [3.63, 3.8) is 0 Å². The number of halogens is 5. The third-order valence-corrected chi connectivity index (χ3v) is 6.43. The first-order valence-electron chi connectivity index (χ1n) is 10.2. The van der Waals surface area contributed by atoms with Crippen molar-refractivity contribution in [1.82, 2.24) is 20.4 Å². The summed E-state index contributed by atoms with van der Waals surface area (Å²) in [5.74, 6) is -3.97. The van der Waals surface area contributed by atoms with Crippen molar-refractivity contribution in [2.75, 3.05) is 11.6 Å². The van der Waals surface area contributed by atoms with Crippen molar-refractivity contribution < 1.29 is 35.7 Å². The van der Waals surface area contributed by atoms with Crippen LogP contribution in [0.2, 0.25) is 0 Å². The van der Waals surface area contributed by atoms with E-state index in [0.717, 1.165) is 19.2 Å². The lowest BCUT2D eigenvalue weighted by Gasteiger charge is -2.16. The fraction of sp³-hybridized carbons (Fsp3) is 0.286. The van der Waals surface area contributed by atoms with Gasteiger partial charge in [0.25, 0.3) is 17.7 Å². The van der Waals surface area contributed by atoms with E-state index in [1.165, 1.54) is 24.3 Å². The summed E-state index contributed by atoms with van der Waals surface area (Å²) in [5, 5.41) is 15.7. The molecule has 0 aliphatic heterocycles. The number of rotatable bonds is 6. The van der Waals surface area contributed by atoms with Gasteiger partial charge < -0.3 is 10.1 Å². The number of carbonyl (C=O) groups excluding carboxylic acids is 1. The van der Waals surface area contributed by atoms with E-state index >= 15 is 0 Å². The molecule has 1 aromatic carbocycles. The van der Waals surface area contributed by atoms with Crippen molar-refractivity contribution in [3.05, 3.63) is 58.7 Å². The predicted molar refractivity (Wildman–Crippen MR) is 115 cm³/mol. The lowest BCUT2D eigenvalue weighted by atomic mass is 10.1. The lowest BCUT2D eigenvalue weighted by Crippen LogP contribution is -2.21.